The molecule has 1 aliphatic carbocycles. The fourth-order valence-electron chi connectivity index (χ4n) is 5.22. The molecule has 9 heteroatoms. The van der Waals surface area contributed by atoms with Crippen LogP contribution in [-0.4, -0.2) is 36.9 Å². The summed E-state index contributed by atoms with van der Waals surface area (Å²) in [5.74, 6) is 0.244. The van der Waals surface area contributed by atoms with E-state index in [1.54, 1.807) is 31.2 Å². The summed E-state index contributed by atoms with van der Waals surface area (Å²) >= 11 is 0. The number of hydrogen-bond donors (Lipinski definition) is 1. The van der Waals surface area contributed by atoms with Crippen molar-refractivity contribution in [2.75, 3.05) is 18.6 Å². The number of methoxy groups -OCH3 is 1. The molecule has 3 aromatic carbocycles. The molecule has 0 aromatic heterocycles. The number of hydrogen-bond acceptors (Lipinski definition) is 4. The lowest BCUT2D eigenvalue weighted by Gasteiger charge is -2.44. The third-order valence-electron chi connectivity index (χ3n) is 7.43. The van der Waals surface area contributed by atoms with E-state index in [0.717, 1.165) is 5.56 Å². The lowest BCUT2D eigenvalue weighted by atomic mass is 9.70. The van der Waals surface area contributed by atoms with Crippen LogP contribution in [0.1, 0.15) is 47.7 Å². The summed E-state index contributed by atoms with van der Waals surface area (Å²) in [7, 11) is 1.53. The summed E-state index contributed by atoms with van der Waals surface area (Å²) < 4.78 is 67.1. The third-order valence-corrected chi connectivity index (χ3v) is 7.43. The Morgan fingerprint density at radius 1 is 1.08 bits per heavy atom. The summed E-state index contributed by atoms with van der Waals surface area (Å²) in [6.07, 6.45) is -7.66. The van der Waals surface area contributed by atoms with Crippen LogP contribution in [0.5, 0.6) is 11.5 Å². The zero-order valence-electron chi connectivity index (χ0n) is 20.8. The second-order valence-electron chi connectivity index (χ2n) is 9.73. The number of carbonyl (C=O) groups is 1. The summed E-state index contributed by atoms with van der Waals surface area (Å²) in [5.41, 5.74) is -2.81. The molecule has 200 valence electrons. The topological polar surface area (TPSA) is 59.0 Å². The lowest BCUT2D eigenvalue weighted by Crippen LogP contribution is -2.53. The van der Waals surface area contributed by atoms with Crippen molar-refractivity contribution in [2.45, 2.75) is 49.7 Å². The fourth-order valence-corrected chi connectivity index (χ4v) is 5.22. The maximum absolute atomic E-state index is 14.8. The smallest absolute Gasteiger partial charge is 0.424 e. The van der Waals surface area contributed by atoms with Gasteiger partial charge in [-0.15, -0.1) is 0 Å². The molecule has 3 aromatic rings. The van der Waals surface area contributed by atoms with E-state index in [0.29, 0.717) is 29.2 Å². The number of aliphatic hydroxyl groups is 1. The first kappa shape index (κ1) is 26.0. The molecule has 5 rings (SSSR count). The van der Waals surface area contributed by atoms with Crippen molar-refractivity contribution in [3.63, 3.8) is 0 Å². The molecule has 0 radical (unpaired) electrons. The van der Waals surface area contributed by atoms with Crippen molar-refractivity contribution < 1.29 is 36.9 Å². The van der Waals surface area contributed by atoms with Gasteiger partial charge in [0, 0.05) is 17.3 Å². The third kappa shape index (κ3) is 4.28. The number of carbonyl (C=O) groups excluding carboxylic acids is 1. The molecular weight excluding hydrogens is 502 g/mol. The van der Waals surface area contributed by atoms with Crippen molar-refractivity contribution in [3.05, 3.63) is 89.0 Å². The number of fused-ring (bicyclic) bond motifs is 2. The van der Waals surface area contributed by atoms with Gasteiger partial charge in [-0.05, 0) is 60.7 Å². The molecule has 5 nitrogen and oxygen atoms in total. The summed E-state index contributed by atoms with van der Waals surface area (Å²) in [4.78, 5) is 15.3. The van der Waals surface area contributed by atoms with Gasteiger partial charge in [0.15, 0.2) is 6.17 Å². The molecule has 0 spiro atoms. The second-order valence-corrected chi connectivity index (χ2v) is 9.73. The van der Waals surface area contributed by atoms with Gasteiger partial charge in [-0.2, -0.15) is 13.2 Å². The number of nitrogens with zero attached hydrogens (tertiary/aromatic N) is 1. The van der Waals surface area contributed by atoms with E-state index in [2.05, 4.69) is 0 Å². The Hall–Kier alpha value is -3.59. The van der Waals surface area contributed by atoms with E-state index < -0.39 is 35.5 Å². The lowest BCUT2D eigenvalue weighted by molar-refractivity contribution is -0.302. The van der Waals surface area contributed by atoms with E-state index in [1.165, 1.54) is 24.1 Å². The number of rotatable bonds is 5. The minimum absolute atomic E-state index is 0.111. The van der Waals surface area contributed by atoms with Crippen molar-refractivity contribution in [2.24, 2.45) is 0 Å². The van der Waals surface area contributed by atoms with Crippen LogP contribution in [-0.2, 0) is 16.8 Å². The quantitative estimate of drug-likeness (QED) is 0.412. The Morgan fingerprint density at radius 3 is 2.47 bits per heavy atom. The highest BCUT2D eigenvalue weighted by atomic mass is 19.4. The first-order valence-electron chi connectivity index (χ1n) is 12.3. The van der Waals surface area contributed by atoms with Crippen LogP contribution in [0, 0.1) is 0 Å². The Bertz CT molecular complexity index is 1350. The van der Waals surface area contributed by atoms with Crippen LogP contribution >= 0.6 is 0 Å². The van der Waals surface area contributed by atoms with Gasteiger partial charge in [0.2, 0.25) is 11.5 Å². The zero-order valence-corrected chi connectivity index (χ0v) is 20.8. The maximum atomic E-state index is 14.8. The van der Waals surface area contributed by atoms with Crippen molar-refractivity contribution in [1.29, 1.82) is 0 Å². The minimum Gasteiger partial charge on any atom is -0.497 e. The van der Waals surface area contributed by atoms with Crippen LogP contribution in [0.2, 0.25) is 0 Å². The summed E-state index contributed by atoms with van der Waals surface area (Å²) in [6, 6.07) is 18.6. The molecule has 0 bridgehead atoms. The second kappa shape index (κ2) is 9.62. The highest BCUT2D eigenvalue weighted by Gasteiger charge is 2.68. The normalized spacial score (nSPS) is 23.4. The predicted octanol–water partition coefficient (Wildman–Crippen LogP) is 6.00. The largest absolute Gasteiger partial charge is 0.497 e. The van der Waals surface area contributed by atoms with E-state index >= 15 is 0 Å². The summed E-state index contributed by atoms with van der Waals surface area (Å²) in [5, 5.41) is 10.2. The van der Waals surface area contributed by atoms with Gasteiger partial charge in [0.25, 0.3) is 0 Å². The Labute approximate surface area is 217 Å². The van der Waals surface area contributed by atoms with Gasteiger partial charge in [-0.25, -0.2) is 4.39 Å². The van der Waals surface area contributed by atoms with Gasteiger partial charge in [-0.1, -0.05) is 36.4 Å². The average Bonchev–Trinajstić information content (AvgIpc) is 3.10. The van der Waals surface area contributed by atoms with Crippen LogP contribution in [0.25, 0.3) is 0 Å². The van der Waals surface area contributed by atoms with Crippen molar-refractivity contribution in [1.82, 2.24) is 0 Å². The van der Waals surface area contributed by atoms with Gasteiger partial charge in [-0.3, -0.25) is 4.79 Å². The Kier molecular flexibility index (Phi) is 6.59. The van der Waals surface area contributed by atoms with Crippen LogP contribution in [0.4, 0.5) is 23.2 Å². The molecule has 0 saturated carbocycles. The maximum Gasteiger partial charge on any atom is 0.424 e. The molecule has 1 N–H and O–H groups in total. The highest BCUT2D eigenvalue weighted by molar-refractivity contribution is 5.99. The highest BCUT2D eigenvalue weighted by Crippen LogP contribution is 2.60. The molecule has 0 fully saturated rings. The van der Waals surface area contributed by atoms with Crippen molar-refractivity contribution in [3.8, 4) is 11.5 Å². The minimum atomic E-state index is -5.17. The zero-order chi connectivity index (χ0) is 27.2. The van der Waals surface area contributed by atoms with Gasteiger partial charge in [0.05, 0.1) is 19.6 Å². The molecular formula is C29H27F4NO4. The Balaban J connectivity index is 1.54. The van der Waals surface area contributed by atoms with Gasteiger partial charge < -0.3 is 19.5 Å². The number of amides is 1. The monoisotopic (exact) mass is 529 g/mol. The van der Waals surface area contributed by atoms with Crippen molar-refractivity contribution >= 4 is 11.6 Å². The number of anilines is 1. The number of alkyl halides is 4. The molecule has 3 unspecified atom stereocenters. The average molecular weight is 530 g/mol. The van der Waals surface area contributed by atoms with Gasteiger partial charge >= 0.3 is 6.18 Å². The first-order chi connectivity index (χ1) is 18.0. The van der Waals surface area contributed by atoms with E-state index in [-0.39, 0.29) is 24.4 Å². The SMILES string of the molecule is COc1cccc(OC2CCc3cc4c(cc3N(C(=O)[C@H](C)c3ccccc3)C2)C(F)C4(O)C(F)(F)F)c1. The molecule has 1 aliphatic heterocycles. The van der Waals surface area contributed by atoms with Crippen LogP contribution in [0.3, 0.4) is 0 Å². The molecule has 1 amide bonds. The fraction of sp³-hybridized carbons (Fsp3) is 0.345. The summed E-state index contributed by atoms with van der Waals surface area (Å²) in [6.45, 7) is 1.86. The predicted molar refractivity (Wildman–Crippen MR) is 133 cm³/mol. The van der Waals surface area contributed by atoms with Gasteiger partial charge in [0.1, 0.15) is 17.6 Å². The van der Waals surface area contributed by atoms with E-state index in [4.69, 9.17) is 9.47 Å². The number of benzene rings is 3. The van der Waals surface area contributed by atoms with Crippen LogP contribution < -0.4 is 14.4 Å². The molecule has 1 heterocycles. The number of ether oxygens (including phenoxy) is 2. The standard InChI is InChI=1S/C29H27F4NO4/c1-17(18-7-4-3-5-8-18)27(35)34-16-22(38-21-10-6-9-20(14-21)37-2)12-11-19-13-24-23(15-25(19)34)26(30)28(24,36)29(31,32)33/h3-10,13-15,17,22,26,36H,11-12,16H2,1-2H3/t17-,22?,26?,28?/m1/s1. The van der Waals surface area contributed by atoms with E-state index in [1.807, 2.05) is 30.3 Å². The number of aryl methyl sites for hydroxylation is 1. The molecule has 0 saturated heterocycles. The Morgan fingerprint density at radius 2 is 1.79 bits per heavy atom. The van der Waals surface area contributed by atoms with Crippen LogP contribution in [0.15, 0.2) is 66.7 Å². The van der Waals surface area contributed by atoms with E-state index in [9.17, 15) is 27.5 Å². The first-order valence-corrected chi connectivity index (χ1v) is 12.3. The molecule has 2 aliphatic rings. The molecule has 38 heavy (non-hydrogen) atoms. The number of halogens is 4. The molecule has 4 atom stereocenters.